The zero-order valence-corrected chi connectivity index (χ0v) is 14.0. The van der Waals surface area contributed by atoms with E-state index in [0.717, 1.165) is 6.42 Å². The highest BCUT2D eigenvalue weighted by Gasteiger charge is 2.31. The summed E-state index contributed by atoms with van der Waals surface area (Å²) < 4.78 is 5.47. The lowest BCUT2D eigenvalue weighted by Crippen LogP contribution is -2.37. The fourth-order valence-corrected chi connectivity index (χ4v) is 2.81. The lowest BCUT2D eigenvalue weighted by atomic mass is 10.1. The Hall–Kier alpha value is -0.680. The van der Waals surface area contributed by atoms with Gasteiger partial charge in [-0.1, -0.05) is 23.2 Å². The van der Waals surface area contributed by atoms with Gasteiger partial charge in [-0.2, -0.15) is 0 Å². The van der Waals surface area contributed by atoms with Crippen LogP contribution < -0.4 is 10.5 Å². The average Bonchev–Trinajstić information content (AvgIpc) is 2.81. The largest absolute Gasteiger partial charge is 0.482 e. The second-order valence-electron chi connectivity index (χ2n) is 5.10. The van der Waals surface area contributed by atoms with E-state index in [9.17, 15) is 4.79 Å². The van der Waals surface area contributed by atoms with Crippen LogP contribution in [0, 0.1) is 5.92 Å². The van der Waals surface area contributed by atoms with Crippen LogP contribution in [-0.2, 0) is 4.79 Å². The van der Waals surface area contributed by atoms with Crippen molar-refractivity contribution < 1.29 is 9.53 Å². The number of rotatable bonds is 4. The van der Waals surface area contributed by atoms with Crippen molar-refractivity contribution in [2.45, 2.75) is 19.4 Å². The number of likely N-dealkylation sites (tertiary alicyclic amines) is 1. The molecule has 2 N–H and O–H groups in total. The highest BCUT2D eigenvalue weighted by atomic mass is 35.5. The average molecular weight is 354 g/mol. The fraction of sp³-hybridized carbons (Fsp3) is 0.500. The van der Waals surface area contributed by atoms with E-state index >= 15 is 0 Å². The zero-order valence-electron chi connectivity index (χ0n) is 11.7. The monoisotopic (exact) mass is 352 g/mol. The number of nitrogens with two attached hydrogens (primary N) is 1. The van der Waals surface area contributed by atoms with Crippen LogP contribution in [0.2, 0.25) is 10.0 Å². The number of benzene rings is 1. The zero-order chi connectivity index (χ0) is 14.7. The van der Waals surface area contributed by atoms with Crippen molar-refractivity contribution >= 4 is 41.5 Å². The minimum Gasteiger partial charge on any atom is -0.482 e. The van der Waals surface area contributed by atoms with Crippen molar-refractivity contribution in [3.63, 3.8) is 0 Å². The van der Waals surface area contributed by atoms with Crippen molar-refractivity contribution in [2.75, 3.05) is 19.7 Å². The SMILES string of the molecule is CC1CC(CN)CN1C(=O)COc1cc(Cl)ccc1Cl.Cl. The van der Waals surface area contributed by atoms with Gasteiger partial charge < -0.3 is 15.4 Å². The molecule has 1 aromatic rings. The number of ether oxygens (including phenoxy) is 1. The smallest absolute Gasteiger partial charge is 0.260 e. The lowest BCUT2D eigenvalue weighted by molar-refractivity contribution is -0.134. The van der Waals surface area contributed by atoms with Gasteiger partial charge >= 0.3 is 0 Å². The maximum atomic E-state index is 12.2. The second kappa shape index (κ2) is 8.08. The van der Waals surface area contributed by atoms with Crippen LogP contribution in [0.25, 0.3) is 0 Å². The predicted molar refractivity (Wildman–Crippen MR) is 87.5 cm³/mol. The van der Waals surface area contributed by atoms with Gasteiger partial charge in [0, 0.05) is 23.7 Å². The minimum atomic E-state index is -0.0514. The molecule has 0 radical (unpaired) electrons. The van der Waals surface area contributed by atoms with E-state index in [-0.39, 0.29) is 31.0 Å². The topological polar surface area (TPSA) is 55.6 Å². The first kappa shape index (κ1) is 18.4. The summed E-state index contributed by atoms with van der Waals surface area (Å²) in [7, 11) is 0. The summed E-state index contributed by atoms with van der Waals surface area (Å²) in [4.78, 5) is 14.0. The maximum Gasteiger partial charge on any atom is 0.260 e. The molecule has 1 aromatic carbocycles. The Morgan fingerprint density at radius 2 is 2.19 bits per heavy atom. The van der Waals surface area contributed by atoms with Crippen LogP contribution in [0.3, 0.4) is 0 Å². The van der Waals surface area contributed by atoms with E-state index in [4.69, 9.17) is 33.7 Å². The van der Waals surface area contributed by atoms with Crippen molar-refractivity contribution in [2.24, 2.45) is 11.7 Å². The normalized spacial score (nSPS) is 21.0. The first-order valence-corrected chi connectivity index (χ1v) is 7.34. The molecule has 118 valence electrons. The molecular formula is C14H19Cl3N2O2. The van der Waals surface area contributed by atoms with E-state index in [1.54, 1.807) is 18.2 Å². The van der Waals surface area contributed by atoms with Crippen molar-refractivity contribution in [3.05, 3.63) is 28.2 Å². The summed E-state index contributed by atoms with van der Waals surface area (Å²) in [5.74, 6) is 0.753. The van der Waals surface area contributed by atoms with Gasteiger partial charge in [-0.25, -0.2) is 0 Å². The molecule has 0 aliphatic carbocycles. The quantitative estimate of drug-likeness (QED) is 0.905. The lowest BCUT2D eigenvalue weighted by Gasteiger charge is -2.21. The molecule has 0 spiro atoms. The number of amides is 1. The van der Waals surface area contributed by atoms with Crippen LogP contribution in [0.4, 0.5) is 0 Å². The second-order valence-corrected chi connectivity index (χ2v) is 5.94. The molecule has 7 heteroatoms. The molecule has 2 atom stereocenters. The first-order valence-electron chi connectivity index (χ1n) is 6.58. The molecule has 1 amide bonds. The number of carbonyl (C=O) groups excluding carboxylic acids is 1. The van der Waals surface area contributed by atoms with E-state index in [1.165, 1.54) is 0 Å². The molecule has 1 saturated heterocycles. The van der Waals surface area contributed by atoms with Gasteiger partial charge in [0.05, 0.1) is 5.02 Å². The third-order valence-electron chi connectivity index (χ3n) is 3.56. The standard InChI is InChI=1S/C14H18Cl2N2O2.ClH/c1-9-4-10(6-17)7-18(9)14(19)8-20-13-5-11(15)2-3-12(13)16;/h2-3,5,9-10H,4,6-8,17H2,1H3;1H. The Bertz CT molecular complexity index is 499. The number of hydrogen-bond donors (Lipinski definition) is 1. The molecular weight excluding hydrogens is 335 g/mol. The fourth-order valence-electron chi connectivity index (χ4n) is 2.47. The third kappa shape index (κ3) is 4.65. The molecule has 21 heavy (non-hydrogen) atoms. The number of halogens is 3. The van der Waals surface area contributed by atoms with Crippen LogP contribution in [0.5, 0.6) is 5.75 Å². The summed E-state index contributed by atoms with van der Waals surface area (Å²) in [5.41, 5.74) is 5.66. The summed E-state index contributed by atoms with van der Waals surface area (Å²) in [5, 5.41) is 0.964. The van der Waals surface area contributed by atoms with Crippen LogP contribution in [0.1, 0.15) is 13.3 Å². The van der Waals surface area contributed by atoms with E-state index < -0.39 is 0 Å². The highest BCUT2D eigenvalue weighted by molar-refractivity contribution is 6.34. The van der Waals surface area contributed by atoms with E-state index in [0.29, 0.717) is 34.8 Å². The van der Waals surface area contributed by atoms with E-state index in [1.807, 2.05) is 11.8 Å². The molecule has 0 saturated carbocycles. The van der Waals surface area contributed by atoms with Crippen molar-refractivity contribution in [1.82, 2.24) is 4.90 Å². The molecule has 1 heterocycles. The van der Waals surface area contributed by atoms with Gasteiger partial charge in [-0.15, -0.1) is 12.4 Å². The third-order valence-corrected chi connectivity index (χ3v) is 4.11. The van der Waals surface area contributed by atoms with Gasteiger partial charge in [0.15, 0.2) is 6.61 Å². The van der Waals surface area contributed by atoms with Gasteiger partial charge in [-0.05, 0) is 37.9 Å². The molecule has 2 unspecified atom stereocenters. The summed E-state index contributed by atoms with van der Waals surface area (Å²) in [6, 6.07) is 5.13. The molecule has 0 aromatic heterocycles. The highest BCUT2D eigenvalue weighted by Crippen LogP contribution is 2.28. The van der Waals surface area contributed by atoms with Crippen LogP contribution in [-0.4, -0.2) is 36.5 Å². The number of nitrogens with zero attached hydrogens (tertiary/aromatic N) is 1. The Kier molecular flexibility index (Phi) is 7.07. The van der Waals surface area contributed by atoms with Gasteiger partial charge in [0.25, 0.3) is 5.91 Å². The van der Waals surface area contributed by atoms with Crippen LogP contribution in [0.15, 0.2) is 18.2 Å². The minimum absolute atomic E-state index is 0. The van der Waals surface area contributed by atoms with Gasteiger partial charge in [0.1, 0.15) is 5.75 Å². The molecule has 4 nitrogen and oxygen atoms in total. The van der Waals surface area contributed by atoms with E-state index in [2.05, 4.69) is 0 Å². The molecule has 0 bridgehead atoms. The molecule has 1 fully saturated rings. The van der Waals surface area contributed by atoms with Gasteiger partial charge in [-0.3, -0.25) is 4.79 Å². The molecule has 1 aliphatic heterocycles. The Labute approximate surface area is 140 Å². The summed E-state index contributed by atoms with van der Waals surface area (Å²) >= 11 is 11.9. The van der Waals surface area contributed by atoms with Crippen LogP contribution >= 0.6 is 35.6 Å². The summed E-state index contributed by atoms with van der Waals surface area (Å²) in [6.07, 6.45) is 0.945. The Morgan fingerprint density at radius 1 is 1.48 bits per heavy atom. The molecule has 1 aliphatic rings. The Balaban J connectivity index is 0.00000220. The van der Waals surface area contributed by atoms with Crippen molar-refractivity contribution in [1.29, 1.82) is 0 Å². The molecule has 2 rings (SSSR count). The van der Waals surface area contributed by atoms with Gasteiger partial charge in [0.2, 0.25) is 0 Å². The number of hydrogen-bond acceptors (Lipinski definition) is 3. The predicted octanol–water partition coefficient (Wildman–Crippen LogP) is 2.99. The summed E-state index contributed by atoms with van der Waals surface area (Å²) in [6.45, 7) is 3.29. The van der Waals surface area contributed by atoms with Crippen molar-refractivity contribution in [3.8, 4) is 5.75 Å². The first-order chi connectivity index (χ1) is 9.51. The maximum absolute atomic E-state index is 12.2. The Morgan fingerprint density at radius 3 is 2.81 bits per heavy atom. The number of carbonyl (C=O) groups is 1.